The zero-order valence-corrected chi connectivity index (χ0v) is 19.1. The monoisotopic (exact) mass is 446 g/mol. The number of ether oxygens (including phenoxy) is 2. The summed E-state index contributed by atoms with van der Waals surface area (Å²) >= 11 is 0. The molecule has 31 heavy (non-hydrogen) atoms. The van der Waals surface area contributed by atoms with Gasteiger partial charge in [-0.2, -0.15) is 4.31 Å². The molecular weight excluding hydrogens is 416 g/mol. The van der Waals surface area contributed by atoms with Gasteiger partial charge in [0, 0.05) is 13.1 Å². The van der Waals surface area contributed by atoms with E-state index in [2.05, 4.69) is 5.32 Å². The average Bonchev–Trinajstić information content (AvgIpc) is 2.78. The van der Waals surface area contributed by atoms with Crippen molar-refractivity contribution >= 4 is 15.9 Å². The molecule has 1 N–H and O–H groups in total. The Kier molecular flexibility index (Phi) is 7.56. The molecule has 2 aromatic rings. The third-order valence-electron chi connectivity index (χ3n) is 5.44. The Labute approximate surface area is 184 Å². The number of piperidine rings is 1. The van der Waals surface area contributed by atoms with E-state index in [0.717, 1.165) is 11.3 Å². The van der Waals surface area contributed by atoms with Gasteiger partial charge in [0.1, 0.15) is 18.1 Å². The molecule has 0 aliphatic carbocycles. The summed E-state index contributed by atoms with van der Waals surface area (Å²) in [5.41, 5.74) is 2.22. The molecular formula is C23H30N2O5S. The number of benzene rings is 2. The molecule has 1 aliphatic heterocycles. The Morgan fingerprint density at radius 3 is 2.58 bits per heavy atom. The second kappa shape index (κ2) is 10.2. The number of carbonyl (C=O) groups is 1. The van der Waals surface area contributed by atoms with E-state index >= 15 is 0 Å². The molecule has 1 aliphatic rings. The molecule has 0 aromatic heterocycles. The Morgan fingerprint density at radius 1 is 1.16 bits per heavy atom. The summed E-state index contributed by atoms with van der Waals surface area (Å²) in [6, 6.07) is 12.3. The number of hydrogen-bond donors (Lipinski definition) is 1. The van der Waals surface area contributed by atoms with Crippen LogP contribution in [-0.2, 0) is 14.8 Å². The lowest BCUT2D eigenvalue weighted by molar-refractivity contribution is -0.126. The number of methoxy groups -OCH3 is 1. The van der Waals surface area contributed by atoms with Crippen molar-refractivity contribution in [3.8, 4) is 11.5 Å². The standard InChI is InChI=1S/C23H30N2O5S/c1-17-6-11-22(18(2)15-17)30-14-12-24-23(26)19-5-4-13-25(16-19)31(27,28)21-9-7-20(29-3)8-10-21/h6-11,15,19H,4-5,12-14,16H2,1-3H3,(H,24,26). The van der Waals surface area contributed by atoms with Crippen LogP contribution in [0.15, 0.2) is 47.4 Å². The number of carbonyl (C=O) groups excluding carboxylic acids is 1. The molecule has 0 radical (unpaired) electrons. The van der Waals surface area contributed by atoms with Gasteiger partial charge in [-0.3, -0.25) is 4.79 Å². The minimum atomic E-state index is -3.65. The van der Waals surface area contributed by atoms with Gasteiger partial charge < -0.3 is 14.8 Å². The van der Waals surface area contributed by atoms with E-state index in [1.165, 1.54) is 29.1 Å². The van der Waals surface area contributed by atoms with Crippen molar-refractivity contribution in [1.29, 1.82) is 0 Å². The van der Waals surface area contributed by atoms with Gasteiger partial charge in [-0.25, -0.2) is 8.42 Å². The largest absolute Gasteiger partial charge is 0.497 e. The fourth-order valence-electron chi connectivity index (χ4n) is 3.71. The van der Waals surface area contributed by atoms with E-state index in [4.69, 9.17) is 9.47 Å². The summed E-state index contributed by atoms with van der Waals surface area (Å²) in [6.07, 6.45) is 1.31. The molecule has 0 saturated carbocycles. The third kappa shape index (κ3) is 5.77. The number of rotatable bonds is 8. The van der Waals surface area contributed by atoms with Gasteiger partial charge >= 0.3 is 0 Å². The first-order chi connectivity index (χ1) is 14.8. The normalized spacial score (nSPS) is 17.2. The number of aryl methyl sites for hydroxylation is 2. The SMILES string of the molecule is COc1ccc(S(=O)(=O)N2CCCC(C(=O)NCCOc3ccc(C)cc3C)C2)cc1. The minimum Gasteiger partial charge on any atom is -0.497 e. The van der Waals surface area contributed by atoms with Crippen LogP contribution in [0.25, 0.3) is 0 Å². The summed E-state index contributed by atoms with van der Waals surface area (Å²) in [4.78, 5) is 12.8. The summed E-state index contributed by atoms with van der Waals surface area (Å²) < 4.78 is 38.2. The predicted molar refractivity (Wildman–Crippen MR) is 119 cm³/mol. The Balaban J connectivity index is 1.52. The molecule has 7 nitrogen and oxygen atoms in total. The number of nitrogens with zero attached hydrogens (tertiary/aromatic N) is 1. The first-order valence-electron chi connectivity index (χ1n) is 10.4. The van der Waals surface area contributed by atoms with Crippen molar-refractivity contribution < 1.29 is 22.7 Å². The molecule has 3 rings (SSSR count). The maximum Gasteiger partial charge on any atom is 0.243 e. The van der Waals surface area contributed by atoms with E-state index < -0.39 is 10.0 Å². The van der Waals surface area contributed by atoms with Crippen molar-refractivity contribution in [3.63, 3.8) is 0 Å². The highest BCUT2D eigenvalue weighted by Gasteiger charge is 2.33. The smallest absolute Gasteiger partial charge is 0.243 e. The fourth-order valence-corrected chi connectivity index (χ4v) is 5.24. The molecule has 0 spiro atoms. The van der Waals surface area contributed by atoms with E-state index in [1.807, 2.05) is 32.0 Å². The lowest BCUT2D eigenvalue weighted by Gasteiger charge is -2.31. The van der Waals surface area contributed by atoms with Crippen LogP contribution in [-0.4, -0.2) is 52.0 Å². The summed E-state index contributed by atoms with van der Waals surface area (Å²) in [7, 11) is -2.12. The highest BCUT2D eigenvalue weighted by atomic mass is 32.2. The molecule has 1 amide bonds. The topological polar surface area (TPSA) is 84.9 Å². The van der Waals surface area contributed by atoms with Crippen molar-refractivity contribution in [2.75, 3.05) is 33.4 Å². The fraction of sp³-hybridized carbons (Fsp3) is 0.435. The number of sulfonamides is 1. The van der Waals surface area contributed by atoms with Gasteiger partial charge in [0.25, 0.3) is 0 Å². The minimum absolute atomic E-state index is 0.140. The van der Waals surface area contributed by atoms with Gasteiger partial charge in [0.2, 0.25) is 15.9 Å². The van der Waals surface area contributed by atoms with Crippen LogP contribution in [0.1, 0.15) is 24.0 Å². The Hall–Kier alpha value is -2.58. The second-order valence-corrected chi connectivity index (χ2v) is 9.72. The van der Waals surface area contributed by atoms with Gasteiger partial charge in [0.05, 0.1) is 24.5 Å². The highest BCUT2D eigenvalue weighted by molar-refractivity contribution is 7.89. The lowest BCUT2D eigenvalue weighted by Crippen LogP contribution is -2.45. The molecule has 168 valence electrons. The second-order valence-electron chi connectivity index (χ2n) is 7.79. The molecule has 2 aromatic carbocycles. The van der Waals surface area contributed by atoms with Crippen LogP contribution < -0.4 is 14.8 Å². The number of amides is 1. The molecule has 1 fully saturated rings. The van der Waals surface area contributed by atoms with E-state index in [1.54, 1.807) is 12.1 Å². The summed E-state index contributed by atoms with van der Waals surface area (Å²) in [5, 5.41) is 2.88. The first kappa shape index (κ1) is 23.1. The van der Waals surface area contributed by atoms with Gasteiger partial charge in [-0.1, -0.05) is 17.7 Å². The van der Waals surface area contributed by atoms with Crippen LogP contribution in [0.5, 0.6) is 11.5 Å². The Morgan fingerprint density at radius 2 is 1.90 bits per heavy atom. The van der Waals surface area contributed by atoms with Crippen molar-refractivity contribution in [2.45, 2.75) is 31.6 Å². The summed E-state index contributed by atoms with van der Waals surface area (Å²) in [5.74, 6) is 0.883. The van der Waals surface area contributed by atoms with Crippen molar-refractivity contribution in [2.24, 2.45) is 5.92 Å². The maximum atomic E-state index is 13.0. The number of nitrogens with one attached hydrogen (secondary N) is 1. The van der Waals surface area contributed by atoms with Gasteiger partial charge in [0.15, 0.2) is 0 Å². The molecule has 0 bridgehead atoms. The van der Waals surface area contributed by atoms with Crippen molar-refractivity contribution in [3.05, 3.63) is 53.6 Å². The molecule has 1 unspecified atom stereocenters. The van der Waals surface area contributed by atoms with E-state index in [0.29, 0.717) is 38.3 Å². The number of hydrogen-bond acceptors (Lipinski definition) is 5. The lowest BCUT2D eigenvalue weighted by atomic mass is 9.99. The molecule has 8 heteroatoms. The van der Waals surface area contributed by atoms with Crippen LogP contribution in [0.4, 0.5) is 0 Å². The van der Waals surface area contributed by atoms with Crippen LogP contribution in [0.2, 0.25) is 0 Å². The van der Waals surface area contributed by atoms with Crippen LogP contribution >= 0.6 is 0 Å². The molecule has 1 atom stereocenters. The zero-order valence-electron chi connectivity index (χ0n) is 18.3. The van der Waals surface area contributed by atoms with Gasteiger partial charge in [-0.05, 0) is 62.6 Å². The molecule has 1 heterocycles. The quantitative estimate of drug-likeness (QED) is 0.631. The third-order valence-corrected chi connectivity index (χ3v) is 7.32. The van der Waals surface area contributed by atoms with E-state index in [9.17, 15) is 13.2 Å². The van der Waals surface area contributed by atoms with Gasteiger partial charge in [-0.15, -0.1) is 0 Å². The average molecular weight is 447 g/mol. The van der Waals surface area contributed by atoms with Crippen LogP contribution in [0.3, 0.4) is 0 Å². The molecule has 1 saturated heterocycles. The Bertz CT molecular complexity index is 1010. The van der Waals surface area contributed by atoms with Crippen LogP contribution in [0, 0.1) is 19.8 Å². The highest BCUT2D eigenvalue weighted by Crippen LogP contribution is 2.25. The van der Waals surface area contributed by atoms with Crippen molar-refractivity contribution in [1.82, 2.24) is 9.62 Å². The zero-order chi connectivity index (χ0) is 22.4. The first-order valence-corrected chi connectivity index (χ1v) is 11.9. The predicted octanol–water partition coefficient (Wildman–Crippen LogP) is 2.91. The summed E-state index contributed by atoms with van der Waals surface area (Å²) in [6.45, 7) is 5.33. The maximum absolute atomic E-state index is 13.0. The van der Waals surface area contributed by atoms with E-state index in [-0.39, 0.29) is 23.3 Å².